The van der Waals surface area contributed by atoms with Crippen LogP contribution < -0.4 is 0 Å². The number of aromatic amines is 1. The highest BCUT2D eigenvalue weighted by atomic mass is 15.1. The summed E-state index contributed by atoms with van der Waals surface area (Å²) in [6, 6.07) is 6.17. The lowest BCUT2D eigenvalue weighted by Gasteiger charge is -2.07. The first-order chi connectivity index (χ1) is 11.6. The topological polar surface area (TPSA) is 72.3 Å². The first kappa shape index (κ1) is 14.6. The zero-order valence-corrected chi connectivity index (χ0v) is 13.9. The Balaban J connectivity index is 1.80. The number of hydrogen-bond donors (Lipinski definition) is 1. The zero-order valence-electron chi connectivity index (χ0n) is 13.9. The van der Waals surface area contributed by atoms with E-state index in [1.807, 2.05) is 29.8 Å². The summed E-state index contributed by atoms with van der Waals surface area (Å²) in [4.78, 5) is 21.0. The maximum atomic E-state index is 4.62. The van der Waals surface area contributed by atoms with Crippen LogP contribution in [-0.2, 0) is 0 Å². The molecule has 6 heteroatoms. The molecule has 0 unspecified atom stereocenters. The van der Waals surface area contributed by atoms with Crippen molar-refractivity contribution in [1.82, 2.24) is 29.5 Å². The average Bonchev–Trinajstić information content (AvgIpc) is 3.21. The third-order valence-electron chi connectivity index (χ3n) is 3.99. The summed E-state index contributed by atoms with van der Waals surface area (Å²) in [7, 11) is 0. The van der Waals surface area contributed by atoms with Crippen molar-refractivity contribution in [3.8, 4) is 17.1 Å². The van der Waals surface area contributed by atoms with Gasteiger partial charge in [-0.25, -0.2) is 19.9 Å². The third-order valence-corrected chi connectivity index (χ3v) is 3.99. The molecule has 3 aromatic heterocycles. The minimum atomic E-state index is 0.370. The van der Waals surface area contributed by atoms with Crippen LogP contribution in [0, 0.1) is 6.92 Å². The molecule has 0 aliphatic carbocycles. The highest BCUT2D eigenvalue weighted by molar-refractivity contribution is 5.78. The zero-order chi connectivity index (χ0) is 16.7. The highest BCUT2D eigenvalue weighted by Crippen LogP contribution is 2.24. The molecule has 0 spiro atoms. The van der Waals surface area contributed by atoms with Crippen molar-refractivity contribution < 1.29 is 0 Å². The molecule has 4 rings (SSSR count). The molecule has 4 aromatic rings. The molecule has 0 aliphatic rings. The van der Waals surface area contributed by atoms with Gasteiger partial charge in [0.25, 0.3) is 0 Å². The molecule has 0 aliphatic heterocycles. The normalized spacial score (nSPS) is 11.5. The highest BCUT2D eigenvalue weighted by Gasteiger charge is 2.11. The summed E-state index contributed by atoms with van der Waals surface area (Å²) < 4.78 is 2.03. The molecule has 0 atom stereocenters. The largest absolute Gasteiger partial charge is 0.342 e. The van der Waals surface area contributed by atoms with E-state index < -0.39 is 0 Å². The van der Waals surface area contributed by atoms with Gasteiger partial charge in [-0.05, 0) is 25.1 Å². The number of aromatic nitrogens is 6. The fourth-order valence-corrected chi connectivity index (χ4v) is 2.67. The Morgan fingerprint density at radius 2 is 1.88 bits per heavy atom. The molecule has 0 amide bonds. The molecule has 0 bridgehead atoms. The first-order valence-corrected chi connectivity index (χ1v) is 7.94. The van der Waals surface area contributed by atoms with Crippen LogP contribution in [0.1, 0.15) is 31.4 Å². The van der Waals surface area contributed by atoms with Crippen LogP contribution >= 0.6 is 0 Å². The minimum Gasteiger partial charge on any atom is -0.342 e. The maximum absolute atomic E-state index is 4.62. The monoisotopic (exact) mass is 318 g/mol. The van der Waals surface area contributed by atoms with Crippen LogP contribution in [-0.4, -0.2) is 29.5 Å². The number of benzene rings is 1. The van der Waals surface area contributed by atoms with E-state index in [0.717, 1.165) is 39.8 Å². The standard InChI is InChI=1S/C18H18N6/c1-11(2)17-22-15-5-4-14(8-16(15)23-17)24-7-6-19-18(24)13-9-20-12(3)21-10-13/h4-11H,1-3H3,(H,22,23). The Morgan fingerprint density at radius 1 is 1.08 bits per heavy atom. The van der Waals surface area contributed by atoms with Crippen LogP contribution in [0.5, 0.6) is 0 Å². The molecule has 3 heterocycles. The third kappa shape index (κ3) is 2.46. The second-order valence-corrected chi connectivity index (χ2v) is 6.12. The van der Waals surface area contributed by atoms with Crippen molar-refractivity contribution in [3.05, 3.63) is 54.6 Å². The smallest absolute Gasteiger partial charge is 0.147 e. The Labute approximate surface area is 139 Å². The Bertz CT molecular complexity index is 994. The maximum Gasteiger partial charge on any atom is 0.147 e. The summed E-state index contributed by atoms with van der Waals surface area (Å²) in [5, 5.41) is 0. The van der Waals surface area contributed by atoms with Gasteiger partial charge in [0, 0.05) is 36.4 Å². The number of nitrogens with zero attached hydrogens (tertiary/aromatic N) is 5. The van der Waals surface area contributed by atoms with Crippen LogP contribution in [0.25, 0.3) is 28.1 Å². The lowest BCUT2D eigenvalue weighted by molar-refractivity contribution is 0.799. The van der Waals surface area contributed by atoms with Crippen LogP contribution in [0.3, 0.4) is 0 Å². The molecule has 0 saturated heterocycles. The summed E-state index contributed by atoms with van der Waals surface area (Å²) in [6.07, 6.45) is 7.32. The molecule has 24 heavy (non-hydrogen) atoms. The summed E-state index contributed by atoms with van der Waals surface area (Å²) >= 11 is 0. The molecule has 1 N–H and O–H groups in total. The summed E-state index contributed by atoms with van der Waals surface area (Å²) in [5.41, 5.74) is 3.91. The van der Waals surface area contributed by atoms with Crippen molar-refractivity contribution >= 4 is 11.0 Å². The fourth-order valence-electron chi connectivity index (χ4n) is 2.67. The van der Waals surface area contributed by atoms with Gasteiger partial charge in [0.05, 0.1) is 16.6 Å². The summed E-state index contributed by atoms with van der Waals surface area (Å²) in [5.74, 6) is 2.93. The summed E-state index contributed by atoms with van der Waals surface area (Å²) in [6.45, 7) is 6.13. The van der Waals surface area contributed by atoms with Crippen molar-refractivity contribution in [2.75, 3.05) is 0 Å². The number of H-pyrrole nitrogens is 1. The lowest BCUT2D eigenvalue weighted by atomic mass is 10.2. The van der Waals surface area contributed by atoms with E-state index in [1.165, 1.54) is 0 Å². The second kappa shape index (κ2) is 5.56. The van der Waals surface area contributed by atoms with Gasteiger partial charge in [-0.2, -0.15) is 0 Å². The number of aryl methyl sites for hydroxylation is 1. The molecule has 6 nitrogen and oxygen atoms in total. The van der Waals surface area contributed by atoms with Crippen molar-refractivity contribution in [2.24, 2.45) is 0 Å². The van der Waals surface area contributed by atoms with Crippen molar-refractivity contribution in [2.45, 2.75) is 26.7 Å². The average molecular weight is 318 g/mol. The molecule has 0 radical (unpaired) electrons. The minimum absolute atomic E-state index is 0.370. The SMILES string of the molecule is Cc1ncc(-c2nccn2-c2ccc3nc(C(C)C)[nH]c3c2)cn1. The van der Waals surface area contributed by atoms with Crippen molar-refractivity contribution in [3.63, 3.8) is 0 Å². The van der Waals surface area contributed by atoms with Gasteiger partial charge in [0.2, 0.25) is 0 Å². The van der Waals surface area contributed by atoms with E-state index in [-0.39, 0.29) is 0 Å². The lowest BCUT2D eigenvalue weighted by Crippen LogP contribution is -1.98. The first-order valence-electron chi connectivity index (χ1n) is 7.94. The Kier molecular flexibility index (Phi) is 3.37. The van der Waals surface area contributed by atoms with E-state index in [2.05, 4.69) is 44.8 Å². The van der Waals surface area contributed by atoms with Gasteiger partial charge >= 0.3 is 0 Å². The van der Waals surface area contributed by atoms with Crippen LogP contribution in [0.2, 0.25) is 0 Å². The van der Waals surface area contributed by atoms with E-state index in [9.17, 15) is 0 Å². The van der Waals surface area contributed by atoms with Crippen LogP contribution in [0.4, 0.5) is 0 Å². The molecular formula is C18H18N6. The quantitative estimate of drug-likeness (QED) is 0.626. The molecule has 1 aromatic carbocycles. The Hall–Kier alpha value is -3.02. The van der Waals surface area contributed by atoms with Gasteiger partial charge in [-0.15, -0.1) is 0 Å². The van der Waals surface area contributed by atoms with Crippen LogP contribution in [0.15, 0.2) is 43.0 Å². The van der Waals surface area contributed by atoms with E-state index in [1.54, 1.807) is 18.6 Å². The van der Waals surface area contributed by atoms with E-state index in [0.29, 0.717) is 5.92 Å². The predicted octanol–water partition coefficient (Wildman–Crippen LogP) is 3.64. The number of imidazole rings is 2. The predicted molar refractivity (Wildman–Crippen MR) is 93.1 cm³/mol. The van der Waals surface area contributed by atoms with Gasteiger partial charge in [0.15, 0.2) is 0 Å². The molecular weight excluding hydrogens is 300 g/mol. The Morgan fingerprint density at radius 3 is 2.62 bits per heavy atom. The molecule has 0 saturated carbocycles. The van der Waals surface area contributed by atoms with E-state index in [4.69, 9.17) is 0 Å². The van der Waals surface area contributed by atoms with Crippen molar-refractivity contribution in [1.29, 1.82) is 0 Å². The molecule has 0 fully saturated rings. The van der Waals surface area contributed by atoms with Gasteiger partial charge in [0.1, 0.15) is 17.5 Å². The second-order valence-electron chi connectivity index (χ2n) is 6.12. The number of nitrogens with one attached hydrogen (secondary N) is 1. The molecule has 120 valence electrons. The van der Waals surface area contributed by atoms with E-state index >= 15 is 0 Å². The number of fused-ring (bicyclic) bond motifs is 1. The number of rotatable bonds is 3. The number of hydrogen-bond acceptors (Lipinski definition) is 4. The van der Waals surface area contributed by atoms with Gasteiger partial charge in [-0.3, -0.25) is 4.57 Å². The van der Waals surface area contributed by atoms with Gasteiger partial charge < -0.3 is 4.98 Å². The van der Waals surface area contributed by atoms with Gasteiger partial charge in [-0.1, -0.05) is 13.8 Å². The fraction of sp³-hybridized carbons (Fsp3) is 0.222.